The molecule has 0 bridgehead atoms. The van der Waals surface area contributed by atoms with Crippen LogP contribution in [-0.4, -0.2) is 28.7 Å². The van der Waals surface area contributed by atoms with Crippen molar-refractivity contribution >= 4 is 44.5 Å². The van der Waals surface area contributed by atoms with Crippen LogP contribution in [0.15, 0.2) is 22.8 Å². The van der Waals surface area contributed by atoms with Crippen molar-refractivity contribution < 1.29 is 9.59 Å². The van der Waals surface area contributed by atoms with Gasteiger partial charge in [-0.15, -0.1) is 0 Å². The summed E-state index contributed by atoms with van der Waals surface area (Å²) in [5, 5.41) is 9.98. The van der Waals surface area contributed by atoms with Crippen LogP contribution in [0.1, 0.15) is 6.42 Å². The van der Waals surface area contributed by atoms with Crippen molar-refractivity contribution in [3.63, 3.8) is 0 Å². The molecule has 1 aliphatic heterocycles. The molecule has 0 radical (unpaired) electrons. The van der Waals surface area contributed by atoms with Crippen molar-refractivity contribution in [3.8, 4) is 0 Å². The summed E-state index contributed by atoms with van der Waals surface area (Å²) in [6, 6.07) is 3.33. The predicted octanol–water partition coefficient (Wildman–Crippen LogP) is 1.77. The number of amides is 3. The van der Waals surface area contributed by atoms with Gasteiger partial charge in [0.15, 0.2) is 0 Å². The van der Waals surface area contributed by atoms with Crippen LogP contribution < -0.4 is 10.2 Å². The van der Waals surface area contributed by atoms with Gasteiger partial charge < -0.3 is 0 Å². The first kappa shape index (κ1) is 11.2. The van der Waals surface area contributed by atoms with E-state index in [0.717, 1.165) is 21.1 Å². The number of halogens is 1. The summed E-state index contributed by atoms with van der Waals surface area (Å²) in [5.74, 6) is -0.241. The maximum Gasteiger partial charge on any atom is 0.328 e. The molecule has 3 amide bonds. The zero-order valence-electron chi connectivity index (χ0n) is 9.24. The molecular weight excluding hydrogens is 300 g/mol. The Morgan fingerprint density at radius 3 is 2.94 bits per heavy atom. The van der Waals surface area contributed by atoms with Crippen molar-refractivity contribution in [2.75, 3.05) is 11.4 Å². The Morgan fingerprint density at radius 2 is 2.17 bits per heavy atom. The highest BCUT2D eigenvalue weighted by Gasteiger charge is 2.26. The Hall–Kier alpha value is -1.89. The summed E-state index contributed by atoms with van der Waals surface area (Å²) in [4.78, 5) is 24.5. The number of aromatic amines is 1. The molecule has 92 valence electrons. The number of urea groups is 1. The molecule has 1 aromatic carbocycles. The molecule has 0 saturated carbocycles. The lowest BCUT2D eigenvalue weighted by Gasteiger charge is -2.27. The van der Waals surface area contributed by atoms with Gasteiger partial charge >= 0.3 is 6.03 Å². The first-order valence-electron chi connectivity index (χ1n) is 5.39. The van der Waals surface area contributed by atoms with E-state index in [1.165, 1.54) is 0 Å². The number of hydrogen-bond donors (Lipinski definition) is 2. The topological polar surface area (TPSA) is 78.1 Å². The number of aromatic nitrogens is 2. The number of carbonyl (C=O) groups is 2. The standard InChI is InChI=1S/C11H9BrN4O2/c12-6-3-8-7(5-13-15-8)9(4-6)16-2-1-10(17)14-11(16)18/h3-5H,1-2H2,(H,13,15)(H,14,17,18). The lowest BCUT2D eigenvalue weighted by Crippen LogP contribution is -2.49. The molecule has 2 heterocycles. The van der Waals surface area contributed by atoms with Gasteiger partial charge in [0.2, 0.25) is 5.91 Å². The van der Waals surface area contributed by atoms with Crippen LogP contribution in [0, 0.1) is 0 Å². The van der Waals surface area contributed by atoms with E-state index >= 15 is 0 Å². The molecule has 0 aliphatic carbocycles. The van der Waals surface area contributed by atoms with E-state index < -0.39 is 6.03 Å². The Labute approximate surface area is 110 Å². The molecule has 2 N–H and O–H groups in total. The average molecular weight is 309 g/mol. The first-order chi connectivity index (χ1) is 8.65. The monoisotopic (exact) mass is 308 g/mol. The van der Waals surface area contributed by atoms with E-state index in [0.29, 0.717) is 13.0 Å². The minimum Gasteiger partial charge on any atom is -0.293 e. The van der Waals surface area contributed by atoms with Crippen molar-refractivity contribution in [2.45, 2.75) is 6.42 Å². The summed E-state index contributed by atoms with van der Waals surface area (Å²) < 4.78 is 0.846. The Balaban J connectivity index is 2.11. The summed E-state index contributed by atoms with van der Waals surface area (Å²) in [5.41, 5.74) is 1.57. The number of rotatable bonds is 1. The molecule has 1 saturated heterocycles. The fraction of sp³-hybridized carbons (Fsp3) is 0.182. The Kier molecular flexibility index (Phi) is 2.55. The number of carbonyl (C=O) groups excluding carboxylic acids is 2. The third-order valence-electron chi connectivity index (χ3n) is 2.85. The Morgan fingerprint density at radius 1 is 1.33 bits per heavy atom. The van der Waals surface area contributed by atoms with E-state index in [1.807, 2.05) is 12.1 Å². The van der Waals surface area contributed by atoms with E-state index in [2.05, 4.69) is 31.4 Å². The van der Waals surface area contributed by atoms with Gasteiger partial charge in [0.1, 0.15) is 0 Å². The van der Waals surface area contributed by atoms with Gasteiger partial charge in [0.05, 0.1) is 17.4 Å². The minimum absolute atomic E-state index is 0.241. The second-order valence-electron chi connectivity index (χ2n) is 4.01. The van der Waals surface area contributed by atoms with E-state index in [1.54, 1.807) is 11.1 Å². The quantitative estimate of drug-likeness (QED) is 0.843. The highest BCUT2D eigenvalue weighted by molar-refractivity contribution is 9.10. The van der Waals surface area contributed by atoms with Gasteiger partial charge in [-0.1, -0.05) is 15.9 Å². The third kappa shape index (κ3) is 1.76. The summed E-state index contributed by atoms with van der Waals surface area (Å²) in [6.45, 7) is 0.376. The van der Waals surface area contributed by atoms with Crippen LogP contribution in [0.5, 0.6) is 0 Å². The van der Waals surface area contributed by atoms with E-state index in [-0.39, 0.29) is 5.91 Å². The summed E-state index contributed by atoms with van der Waals surface area (Å²) in [6.07, 6.45) is 1.97. The fourth-order valence-corrected chi connectivity index (χ4v) is 2.46. The number of fused-ring (bicyclic) bond motifs is 1. The van der Waals surface area contributed by atoms with Crippen LogP contribution in [0.4, 0.5) is 10.5 Å². The molecular formula is C11H9BrN4O2. The molecule has 1 fully saturated rings. The largest absolute Gasteiger partial charge is 0.328 e. The molecule has 1 aliphatic rings. The highest BCUT2D eigenvalue weighted by Crippen LogP contribution is 2.30. The third-order valence-corrected chi connectivity index (χ3v) is 3.30. The number of nitrogens with zero attached hydrogens (tertiary/aromatic N) is 2. The van der Waals surface area contributed by atoms with Crippen LogP contribution in [0.3, 0.4) is 0 Å². The van der Waals surface area contributed by atoms with Crippen molar-refractivity contribution in [2.24, 2.45) is 0 Å². The smallest absolute Gasteiger partial charge is 0.293 e. The maximum atomic E-state index is 11.8. The number of nitrogens with one attached hydrogen (secondary N) is 2. The molecule has 1 aromatic heterocycles. The second-order valence-corrected chi connectivity index (χ2v) is 4.93. The number of benzene rings is 1. The molecule has 0 spiro atoms. The fourth-order valence-electron chi connectivity index (χ4n) is 2.02. The van der Waals surface area contributed by atoms with E-state index in [9.17, 15) is 9.59 Å². The number of H-pyrrole nitrogens is 1. The van der Waals surface area contributed by atoms with Crippen LogP contribution in [0.25, 0.3) is 10.9 Å². The molecule has 6 nitrogen and oxygen atoms in total. The van der Waals surface area contributed by atoms with E-state index in [4.69, 9.17) is 0 Å². The zero-order valence-corrected chi connectivity index (χ0v) is 10.8. The van der Waals surface area contributed by atoms with Gasteiger partial charge in [-0.05, 0) is 12.1 Å². The second kappa shape index (κ2) is 4.09. The predicted molar refractivity (Wildman–Crippen MR) is 69.3 cm³/mol. The summed E-state index contributed by atoms with van der Waals surface area (Å²) >= 11 is 3.39. The van der Waals surface area contributed by atoms with Gasteiger partial charge in [0, 0.05) is 22.8 Å². The summed E-state index contributed by atoms with van der Waals surface area (Å²) in [7, 11) is 0. The van der Waals surface area contributed by atoms with Gasteiger partial charge in [0.25, 0.3) is 0 Å². The van der Waals surface area contributed by atoms with Crippen molar-refractivity contribution in [1.29, 1.82) is 0 Å². The molecule has 2 aromatic rings. The Bertz CT molecular complexity index is 652. The lowest BCUT2D eigenvalue weighted by molar-refractivity contribution is -0.120. The SMILES string of the molecule is O=C1CCN(c2cc(Br)cc3[nH]ncc23)C(=O)N1. The maximum absolute atomic E-state index is 11.8. The van der Waals surface area contributed by atoms with Crippen LogP contribution >= 0.6 is 15.9 Å². The normalized spacial score (nSPS) is 16.2. The average Bonchev–Trinajstić information content (AvgIpc) is 2.76. The zero-order chi connectivity index (χ0) is 12.7. The molecule has 7 heteroatoms. The number of anilines is 1. The first-order valence-corrected chi connectivity index (χ1v) is 6.18. The molecule has 18 heavy (non-hydrogen) atoms. The van der Waals surface area contributed by atoms with Crippen molar-refractivity contribution in [1.82, 2.24) is 15.5 Å². The lowest BCUT2D eigenvalue weighted by atomic mass is 10.2. The number of imide groups is 1. The molecule has 0 unspecified atom stereocenters. The van der Waals surface area contributed by atoms with Crippen molar-refractivity contribution in [3.05, 3.63) is 22.8 Å². The van der Waals surface area contributed by atoms with Crippen LogP contribution in [0.2, 0.25) is 0 Å². The van der Waals surface area contributed by atoms with Gasteiger partial charge in [-0.25, -0.2) is 4.79 Å². The minimum atomic E-state index is -0.396. The van der Waals surface area contributed by atoms with Gasteiger partial charge in [-0.2, -0.15) is 5.10 Å². The van der Waals surface area contributed by atoms with Gasteiger partial charge in [-0.3, -0.25) is 20.1 Å². The molecule has 3 rings (SSSR count). The highest BCUT2D eigenvalue weighted by atomic mass is 79.9. The number of hydrogen-bond acceptors (Lipinski definition) is 3. The molecule has 0 atom stereocenters. The van der Waals surface area contributed by atoms with Crippen LogP contribution in [-0.2, 0) is 4.79 Å².